The molecule has 0 amide bonds. The molecule has 3 rings (SSSR count). The van der Waals surface area contributed by atoms with E-state index >= 15 is 0 Å². The van der Waals surface area contributed by atoms with Gasteiger partial charge in [-0.15, -0.1) is 0 Å². The zero-order valence-corrected chi connectivity index (χ0v) is 16.8. The SMILES string of the molecule is CCN(CC)S(=O)(=O)N1CCC[C@H]1c1cc(Nc2cnccn2)cc(C)n1. The number of aryl methyl sites for hydroxylation is 1. The van der Waals surface area contributed by atoms with Gasteiger partial charge in [-0.2, -0.15) is 17.0 Å². The zero-order chi connectivity index (χ0) is 19.4. The average molecular weight is 391 g/mol. The van der Waals surface area contributed by atoms with Crippen LogP contribution in [0.25, 0.3) is 0 Å². The lowest BCUT2D eigenvalue weighted by Crippen LogP contribution is -2.43. The Hall–Kier alpha value is -2.10. The van der Waals surface area contributed by atoms with Crippen LogP contribution in [-0.4, -0.2) is 51.6 Å². The number of anilines is 2. The van der Waals surface area contributed by atoms with E-state index in [0.29, 0.717) is 25.5 Å². The number of hydrogen-bond acceptors (Lipinski definition) is 6. The molecule has 0 radical (unpaired) electrons. The molecule has 27 heavy (non-hydrogen) atoms. The van der Waals surface area contributed by atoms with Crippen molar-refractivity contribution in [2.45, 2.75) is 39.7 Å². The molecule has 8 nitrogen and oxygen atoms in total. The number of aromatic nitrogens is 3. The Kier molecular flexibility index (Phi) is 6.03. The first-order chi connectivity index (χ1) is 13.0. The van der Waals surface area contributed by atoms with Gasteiger partial charge in [0.05, 0.1) is 17.9 Å². The number of nitrogens with zero attached hydrogens (tertiary/aromatic N) is 5. The van der Waals surface area contributed by atoms with Crippen molar-refractivity contribution in [3.8, 4) is 0 Å². The highest BCUT2D eigenvalue weighted by molar-refractivity contribution is 7.86. The largest absolute Gasteiger partial charge is 0.339 e. The van der Waals surface area contributed by atoms with Crippen LogP contribution in [0, 0.1) is 6.92 Å². The minimum absolute atomic E-state index is 0.252. The van der Waals surface area contributed by atoms with Crippen LogP contribution in [0.3, 0.4) is 0 Å². The second kappa shape index (κ2) is 8.28. The van der Waals surface area contributed by atoms with E-state index < -0.39 is 10.2 Å². The molecule has 2 aromatic heterocycles. The van der Waals surface area contributed by atoms with Crippen LogP contribution in [0.1, 0.15) is 44.1 Å². The van der Waals surface area contributed by atoms with Crippen LogP contribution in [0.4, 0.5) is 11.5 Å². The van der Waals surface area contributed by atoms with E-state index in [4.69, 9.17) is 0 Å². The van der Waals surface area contributed by atoms with Gasteiger partial charge in [0.15, 0.2) is 0 Å². The van der Waals surface area contributed by atoms with Crippen LogP contribution < -0.4 is 5.32 Å². The fourth-order valence-corrected chi connectivity index (χ4v) is 5.30. The highest BCUT2D eigenvalue weighted by Gasteiger charge is 2.38. The monoisotopic (exact) mass is 390 g/mol. The Morgan fingerprint density at radius 3 is 2.70 bits per heavy atom. The van der Waals surface area contributed by atoms with Gasteiger partial charge in [-0.3, -0.25) is 9.97 Å². The lowest BCUT2D eigenvalue weighted by molar-refractivity contribution is 0.335. The van der Waals surface area contributed by atoms with E-state index in [2.05, 4.69) is 20.3 Å². The number of nitrogens with one attached hydrogen (secondary N) is 1. The molecule has 0 aromatic carbocycles. The maximum atomic E-state index is 13.0. The zero-order valence-electron chi connectivity index (χ0n) is 16.0. The van der Waals surface area contributed by atoms with Crippen molar-refractivity contribution in [2.75, 3.05) is 25.0 Å². The van der Waals surface area contributed by atoms with Gasteiger partial charge < -0.3 is 5.32 Å². The molecular formula is C18H26N6O2S. The first kappa shape index (κ1) is 19.7. The van der Waals surface area contributed by atoms with Crippen LogP contribution in [0.2, 0.25) is 0 Å². The van der Waals surface area contributed by atoms with Crippen molar-refractivity contribution in [3.63, 3.8) is 0 Å². The predicted octanol–water partition coefficient (Wildman–Crippen LogP) is 2.65. The van der Waals surface area contributed by atoms with E-state index in [0.717, 1.165) is 29.9 Å². The van der Waals surface area contributed by atoms with Crippen LogP contribution in [0.15, 0.2) is 30.7 Å². The lowest BCUT2D eigenvalue weighted by Gasteiger charge is -2.29. The molecule has 0 bridgehead atoms. The van der Waals surface area contributed by atoms with E-state index in [1.807, 2.05) is 32.9 Å². The molecular weight excluding hydrogens is 364 g/mol. The third-order valence-corrected chi connectivity index (χ3v) is 6.88. The van der Waals surface area contributed by atoms with Gasteiger partial charge in [-0.05, 0) is 31.9 Å². The second-order valence-electron chi connectivity index (χ2n) is 6.50. The van der Waals surface area contributed by atoms with E-state index in [1.54, 1.807) is 22.9 Å². The second-order valence-corrected chi connectivity index (χ2v) is 8.38. The van der Waals surface area contributed by atoms with E-state index in [1.165, 1.54) is 4.31 Å². The molecule has 0 spiro atoms. The van der Waals surface area contributed by atoms with Crippen molar-refractivity contribution in [1.29, 1.82) is 0 Å². The molecule has 1 aliphatic heterocycles. The Labute approximate surface area is 160 Å². The Morgan fingerprint density at radius 2 is 2.04 bits per heavy atom. The summed E-state index contributed by atoms with van der Waals surface area (Å²) in [6.45, 7) is 7.07. The van der Waals surface area contributed by atoms with Crippen LogP contribution in [0.5, 0.6) is 0 Å². The number of hydrogen-bond donors (Lipinski definition) is 1. The van der Waals surface area contributed by atoms with Crippen molar-refractivity contribution in [2.24, 2.45) is 0 Å². The standard InChI is InChI=1S/C18H26N6O2S/c1-4-23(5-2)27(25,26)24-10-6-7-17(24)16-12-15(11-14(3)21-16)22-18-13-19-8-9-20-18/h8-9,11-13,17H,4-7,10H2,1-3H3,(H,20,21,22)/t17-/m0/s1. The third-order valence-electron chi connectivity index (χ3n) is 4.68. The Balaban J connectivity index is 1.91. The smallest absolute Gasteiger partial charge is 0.282 e. The summed E-state index contributed by atoms with van der Waals surface area (Å²) in [5, 5.41) is 3.22. The van der Waals surface area contributed by atoms with Crippen molar-refractivity contribution in [3.05, 3.63) is 42.1 Å². The summed E-state index contributed by atoms with van der Waals surface area (Å²) in [4.78, 5) is 12.9. The van der Waals surface area contributed by atoms with Gasteiger partial charge in [0.25, 0.3) is 10.2 Å². The fraction of sp³-hybridized carbons (Fsp3) is 0.500. The summed E-state index contributed by atoms with van der Waals surface area (Å²) < 4.78 is 29.2. The lowest BCUT2D eigenvalue weighted by atomic mass is 10.1. The normalized spacial score (nSPS) is 18.1. The van der Waals surface area contributed by atoms with Crippen molar-refractivity contribution >= 4 is 21.7 Å². The van der Waals surface area contributed by atoms with Crippen LogP contribution >= 0.6 is 0 Å². The molecule has 0 aliphatic carbocycles. The van der Waals surface area contributed by atoms with Gasteiger partial charge in [-0.25, -0.2) is 4.98 Å². The summed E-state index contributed by atoms with van der Waals surface area (Å²) in [7, 11) is -3.50. The molecule has 1 fully saturated rings. The molecule has 1 N–H and O–H groups in total. The van der Waals surface area contributed by atoms with Gasteiger partial charge in [0, 0.05) is 43.4 Å². The predicted molar refractivity (Wildman–Crippen MR) is 105 cm³/mol. The first-order valence-corrected chi connectivity index (χ1v) is 10.6. The van der Waals surface area contributed by atoms with Crippen molar-refractivity contribution in [1.82, 2.24) is 23.6 Å². The van der Waals surface area contributed by atoms with Gasteiger partial charge in [-0.1, -0.05) is 13.8 Å². The maximum absolute atomic E-state index is 13.0. The number of pyridine rings is 1. The summed E-state index contributed by atoms with van der Waals surface area (Å²) in [5.41, 5.74) is 2.41. The van der Waals surface area contributed by atoms with E-state index in [9.17, 15) is 8.42 Å². The summed E-state index contributed by atoms with van der Waals surface area (Å²) in [5.74, 6) is 0.632. The Morgan fingerprint density at radius 1 is 1.26 bits per heavy atom. The quantitative estimate of drug-likeness (QED) is 0.781. The minimum atomic E-state index is -3.50. The minimum Gasteiger partial charge on any atom is -0.339 e. The molecule has 0 saturated carbocycles. The fourth-order valence-electron chi connectivity index (χ4n) is 3.46. The highest BCUT2D eigenvalue weighted by Crippen LogP contribution is 2.35. The summed E-state index contributed by atoms with van der Waals surface area (Å²) in [6, 6.07) is 3.57. The van der Waals surface area contributed by atoms with Crippen molar-refractivity contribution < 1.29 is 8.42 Å². The highest BCUT2D eigenvalue weighted by atomic mass is 32.2. The molecule has 1 saturated heterocycles. The topological polar surface area (TPSA) is 91.3 Å². The molecule has 1 aliphatic rings. The Bertz CT molecular complexity index is 871. The molecule has 0 unspecified atom stereocenters. The third kappa shape index (κ3) is 4.26. The molecule has 2 aromatic rings. The van der Waals surface area contributed by atoms with Gasteiger partial charge in [0.2, 0.25) is 0 Å². The maximum Gasteiger partial charge on any atom is 0.282 e. The molecule has 1 atom stereocenters. The van der Waals surface area contributed by atoms with E-state index in [-0.39, 0.29) is 6.04 Å². The van der Waals surface area contributed by atoms with Crippen LogP contribution in [-0.2, 0) is 10.2 Å². The summed E-state index contributed by atoms with van der Waals surface area (Å²) in [6.07, 6.45) is 6.47. The molecule has 3 heterocycles. The molecule has 146 valence electrons. The molecule has 9 heteroatoms. The number of rotatable bonds is 7. The summed E-state index contributed by atoms with van der Waals surface area (Å²) >= 11 is 0. The van der Waals surface area contributed by atoms with Gasteiger partial charge in [0.1, 0.15) is 5.82 Å². The first-order valence-electron chi connectivity index (χ1n) is 9.24. The van der Waals surface area contributed by atoms with Gasteiger partial charge >= 0.3 is 0 Å². The average Bonchev–Trinajstić information content (AvgIpc) is 3.13.